The Morgan fingerprint density at radius 3 is 1.24 bits per heavy atom. The van der Waals surface area contributed by atoms with Gasteiger partial charge in [0.2, 0.25) is 5.95 Å². The smallest absolute Gasteiger partial charge is 0.234 e. The first-order chi connectivity index (χ1) is 28.6. The first-order valence-electron chi connectivity index (χ1n) is 19.8. The molecule has 0 amide bonds. The van der Waals surface area contributed by atoms with E-state index in [1.54, 1.807) is 0 Å². The average Bonchev–Trinajstić information content (AvgIpc) is 3.78. The van der Waals surface area contributed by atoms with Crippen LogP contribution in [0.5, 0.6) is 0 Å². The van der Waals surface area contributed by atoms with E-state index < -0.39 is 0 Å². The van der Waals surface area contributed by atoms with Gasteiger partial charge in [-0.2, -0.15) is 0 Å². The lowest BCUT2D eigenvalue weighted by Crippen LogP contribution is -2.00. The fourth-order valence-electron chi connectivity index (χ4n) is 8.68. The summed E-state index contributed by atoms with van der Waals surface area (Å²) in [7, 11) is 0. The number of nitrogens with zero attached hydrogens (tertiary/aromatic N) is 4. The molecular formula is C54H38N4. The number of hydrogen-bond acceptors (Lipinski definition) is 2. The van der Waals surface area contributed by atoms with Gasteiger partial charge in [-0.25, -0.2) is 9.97 Å². The van der Waals surface area contributed by atoms with Crippen LogP contribution in [0, 0.1) is 13.8 Å². The number of hydrogen-bond donors (Lipinski definition) is 0. The molecule has 58 heavy (non-hydrogen) atoms. The SMILES string of the molecule is Cc1ccc2c(c1)c1cc(-c3ccc4c(c3)c3cc(C)ccc3n4-c3ncc(-c4cccc(-c5cccc(-c6ccccc6)c5)c4)cn3)ccc1n2-c1ccccc1. The Labute approximate surface area is 337 Å². The molecule has 0 spiro atoms. The molecule has 0 aliphatic carbocycles. The van der Waals surface area contributed by atoms with Gasteiger partial charge < -0.3 is 4.57 Å². The van der Waals surface area contributed by atoms with Crippen molar-refractivity contribution in [3.63, 3.8) is 0 Å². The molecule has 0 radical (unpaired) electrons. The fourth-order valence-corrected chi connectivity index (χ4v) is 8.68. The molecule has 0 unspecified atom stereocenters. The lowest BCUT2D eigenvalue weighted by atomic mass is 9.97. The summed E-state index contributed by atoms with van der Waals surface area (Å²) in [5, 5.41) is 4.88. The second kappa shape index (κ2) is 13.6. The molecule has 0 atom stereocenters. The number of aromatic nitrogens is 4. The number of fused-ring (bicyclic) bond motifs is 6. The summed E-state index contributed by atoms with van der Waals surface area (Å²) in [6.07, 6.45) is 3.90. The van der Waals surface area contributed by atoms with Crippen molar-refractivity contribution in [1.82, 2.24) is 19.1 Å². The zero-order chi connectivity index (χ0) is 38.7. The van der Waals surface area contributed by atoms with Gasteiger partial charge in [0.1, 0.15) is 0 Å². The molecule has 0 saturated carbocycles. The summed E-state index contributed by atoms with van der Waals surface area (Å²) in [5.74, 6) is 0.651. The highest BCUT2D eigenvalue weighted by Gasteiger charge is 2.18. The van der Waals surface area contributed by atoms with Gasteiger partial charge in [-0.1, -0.05) is 120 Å². The largest absolute Gasteiger partial charge is 0.309 e. The van der Waals surface area contributed by atoms with Crippen molar-refractivity contribution in [3.8, 4) is 56.1 Å². The molecule has 0 fully saturated rings. The zero-order valence-corrected chi connectivity index (χ0v) is 32.3. The quantitative estimate of drug-likeness (QED) is 0.170. The molecule has 0 N–H and O–H groups in total. The summed E-state index contributed by atoms with van der Waals surface area (Å²) in [6.45, 7) is 4.32. The highest BCUT2D eigenvalue weighted by molar-refractivity contribution is 6.12. The van der Waals surface area contributed by atoms with Crippen LogP contribution in [-0.4, -0.2) is 19.1 Å². The maximum absolute atomic E-state index is 5.00. The lowest BCUT2D eigenvalue weighted by molar-refractivity contribution is 0.990. The van der Waals surface area contributed by atoms with Gasteiger partial charge in [-0.15, -0.1) is 0 Å². The van der Waals surface area contributed by atoms with Crippen LogP contribution in [0.1, 0.15) is 11.1 Å². The first kappa shape index (κ1) is 33.8. The van der Waals surface area contributed by atoms with Crippen molar-refractivity contribution in [3.05, 3.63) is 206 Å². The second-order valence-corrected chi connectivity index (χ2v) is 15.3. The number of aryl methyl sites for hydroxylation is 2. The highest BCUT2D eigenvalue weighted by atomic mass is 15.1. The fraction of sp³-hybridized carbons (Fsp3) is 0.0370. The predicted molar refractivity (Wildman–Crippen MR) is 242 cm³/mol. The maximum atomic E-state index is 5.00. The predicted octanol–water partition coefficient (Wildman–Crippen LogP) is 14.0. The standard InChI is InChI=1S/C54H38N4/c1-35-19-23-50-46(27-35)48-31-42(21-25-51(48)57(50)45-17-7-4-8-18-45)43-22-26-53-49(32-43)47-28-36(2)20-24-52(47)58(53)54-55-33-44(34-56-54)41-16-10-15-40(30-41)39-14-9-13-38(29-39)37-11-5-3-6-12-37/h3-34H,1-2H3. The van der Waals surface area contributed by atoms with E-state index >= 15 is 0 Å². The summed E-state index contributed by atoms with van der Waals surface area (Å²) in [4.78, 5) is 10.0. The second-order valence-electron chi connectivity index (χ2n) is 15.3. The van der Waals surface area contributed by atoms with E-state index in [0.29, 0.717) is 5.95 Å². The third-order valence-electron chi connectivity index (χ3n) is 11.5. The summed E-state index contributed by atoms with van der Waals surface area (Å²) >= 11 is 0. The molecule has 0 bridgehead atoms. The molecular weight excluding hydrogens is 705 g/mol. The van der Waals surface area contributed by atoms with Crippen LogP contribution in [0.15, 0.2) is 194 Å². The van der Waals surface area contributed by atoms with E-state index in [9.17, 15) is 0 Å². The maximum Gasteiger partial charge on any atom is 0.234 e. The minimum Gasteiger partial charge on any atom is -0.309 e. The number of rotatable bonds is 6. The minimum atomic E-state index is 0.651. The lowest BCUT2D eigenvalue weighted by Gasteiger charge is -2.10. The van der Waals surface area contributed by atoms with Crippen LogP contribution in [0.4, 0.5) is 0 Å². The normalized spacial score (nSPS) is 11.6. The van der Waals surface area contributed by atoms with Crippen LogP contribution in [0.25, 0.3) is 99.8 Å². The summed E-state index contributed by atoms with van der Waals surface area (Å²) in [5.41, 5.74) is 17.4. The first-order valence-corrected chi connectivity index (χ1v) is 19.8. The van der Waals surface area contributed by atoms with Gasteiger partial charge in [0, 0.05) is 45.2 Å². The Balaban J connectivity index is 0.979. The van der Waals surface area contributed by atoms with E-state index in [-0.39, 0.29) is 0 Å². The molecule has 0 aliphatic rings. The molecule has 4 heteroatoms. The molecule has 0 saturated heterocycles. The molecule has 3 heterocycles. The van der Waals surface area contributed by atoms with E-state index in [0.717, 1.165) is 33.4 Å². The van der Waals surface area contributed by atoms with E-state index in [1.165, 1.54) is 71.5 Å². The third-order valence-corrected chi connectivity index (χ3v) is 11.5. The Morgan fingerprint density at radius 1 is 0.310 bits per heavy atom. The van der Waals surface area contributed by atoms with E-state index in [2.05, 4.69) is 205 Å². The van der Waals surface area contributed by atoms with Gasteiger partial charge >= 0.3 is 0 Å². The minimum absolute atomic E-state index is 0.651. The van der Waals surface area contributed by atoms with Crippen molar-refractivity contribution >= 4 is 43.6 Å². The molecule has 4 nitrogen and oxygen atoms in total. The molecule has 0 aliphatic heterocycles. The van der Waals surface area contributed by atoms with Crippen molar-refractivity contribution < 1.29 is 0 Å². The number of benzene rings is 8. The van der Waals surface area contributed by atoms with Crippen molar-refractivity contribution in [2.24, 2.45) is 0 Å². The highest BCUT2D eigenvalue weighted by Crippen LogP contribution is 2.39. The third kappa shape index (κ3) is 5.69. The van der Waals surface area contributed by atoms with Crippen molar-refractivity contribution in [1.29, 1.82) is 0 Å². The summed E-state index contributed by atoms with van der Waals surface area (Å²) < 4.78 is 4.57. The molecule has 3 aromatic heterocycles. The molecule has 11 rings (SSSR count). The van der Waals surface area contributed by atoms with E-state index in [4.69, 9.17) is 9.97 Å². The van der Waals surface area contributed by atoms with Crippen molar-refractivity contribution in [2.75, 3.05) is 0 Å². The Kier molecular flexibility index (Phi) is 7.90. The van der Waals surface area contributed by atoms with Crippen LogP contribution in [0.2, 0.25) is 0 Å². The van der Waals surface area contributed by atoms with Gasteiger partial charge in [-0.3, -0.25) is 4.57 Å². The Hall–Kier alpha value is -7.56. The van der Waals surface area contributed by atoms with Crippen LogP contribution < -0.4 is 0 Å². The average molecular weight is 743 g/mol. The molecule has 274 valence electrons. The Bertz CT molecular complexity index is 3340. The van der Waals surface area contributed by atoms with Gasteiger partial charge in [0.15, 0.2) is 0 Å². The van der Waals surface area contributed by atoms with Gasteiger partial charge in [0.25, 0.3) is 0 Å². The van der Waals surface area contributed by atoms with Gasteiger partial charge in [0.05, 0.1) is 22.1 Å². The monoisotopic (exact) mass is 742 g/mol. The van der Waals surface area contributed by atoms with Gasteiger partial charge in [-0.05, 0) is 126 Å². The molecule has 11 aromatic rings. The molecule has 8 aromatic carbocycles. The van der Waals surface area contributed by atoms with Crippen LogP contribution in [-0.2, 0) is 0 Å². The van der Waals surface area contributed by atoms with Crippen molar-refractivity contribution in [2.45, 2.75) is 13.8 Å². The van der Waals surface area contributed by atoms with Crippen LogP contribution >= 0.6 is 0 Å². The van der Waals surface area contributed by atoms with Crippen LogP contribution in [0.3, 0.4) is 0 Å². The zero-order valence-electron chi connectivity index (χ0n) is 32.3. The van der Waals surface area contributed by atoms with E-state index in [1.807, 2.05) is 12.4 Å². The topological polar surface area (TPSA) is 35.6 Å². The number of para-hydroxylation sites is 1. The Morgan fingerprint density at radius 2 is 0.707 bits per heavy atom. The summed E-state index contributed by atoms with van der Waals surface area (Å²) in [6, 6.07) is 65.6.